The van der Waals surface area contributed by atoms with Crippen molar-refractivity contribution in [3.8, 4) is 5.88 Å². The van der Waals surface area contributed by atoms with Gasteiger partial charge < -0.3 is 4.74 Å². The Balaban J connectivity index is 2.29. The van der Waals surface area contributed by atoms with E-state index in [0.717, 1.165) is 18.0 Å². The van der Waals surface area contributed by atoms with E-state index >= 15 is 0 Å². The molecule has 0 saturated heterocycles. The van der Waals surface area contributed by atoms with Gasteiger partial charge in [0.15, 0.2) is 6.61 Å². The number of hydrogen-bond donors (Lipinski definition) is 0. The van der Waals surface area contributed by atoms with Crippen LogP contribution in [-0.4, -0.2) is 55.6 Å². The number of carbonyl (C=O) groups is 1. The quantitative estimate of drug-likeness (QED) is 0.691. The third-order valence-electron chi connectivity index (χ3n) is 3.53. The molecule has 0 aliphatic heterocycles. The first-order valence-corrected chi connectivity index (χ1v) is 9.71. The minimum Gasteiger partial charge on any atom is -0.468 e. The summed E-state index contributed by atoms with van der Waals surface area (Å²) in [7, 11) is -2.12. The van der Waals surface area contributed by atoms with Crippen LogP contribution in [0.25, 0.3) is 0 Å². The summed E-state index contributed by atoms with van der Waals surface area (Å²) in [5, 5.41) is -0.0792. The van der Waals surface area contributed by atoms with Crippen molar-refractivity contribution in [3.05, 3.63) is 41.0 Å². The lowest BCUT2D eigenvalue weighted by Crippen LogP contribution is -2.43. The van der Waals surface area contributed by atoms with E-state index in [1.807, 2.05) is 0 Å². The van der Waals surface area contributed by atoms with Crippen LogP contribution in [0.15, 0.2) is 35.2 Å². The standard InChI is InChI=1S/C16H16ClF3N4O4S/c1-10-8-13(28-9-16(18,19)20)22-14(21-10)23(2)15(25)24(3)29(26,27)12-7-5-4-6-11(12)17/h4-8H,9H2,1-3H3. The van der Waals surface area contributed by atoms with Crippen LogP contribution in [0.1, 0.15) is 5.69 Å². The average molecular weight is 453 g/mol. The number of aromatic nitrogens is 2. The molecular weight excluding hydrogens is 437 g/mol. The summed E-state index contributed by atoms with van der Waals surface area (Å²) in [6.07, 6.45) is -4.58. The van der Waals surface area contributed by atoms with Crippen molar-refractivity contribution >= 4 is 33.6 Å². The predicted octanol–water partition coefficient (Wildman–Crippen LogP) is 3.26. The number of benzene rings is 1. The molecule has 0 saturated carbocycles. The summed E-state index contributed by atoms with van der Waals surface area (Å²) in [5.41, 5.74) is 0.212. The molecular formula is C16H16ClF3N4O4S. The maximum atomic E-state index is 12.7. The Morgan fingerprint density at radius 3 is 2.41 bits per heavy atom. The van der Waals surface area contributed by atoms with Crippen LogP contribution in [0.5, 0.6) is 5.88 Å². The van der Waals surface area contributed by atoms with Crippen LogP contribution in [0, 0.1) is 6.92 Å². The molecule has 2 aromatic rings. The summed E-state index contributed by atoms with van der Waals surface area (Å²) in [4.78, 5) is 20.8. The highest BCUT2D eigenvalue weighted by molar-refractivity contribution is 7.89. The molecule has 2 amide bonds. The molecule has 0 spiro atoms. The Kier molecular flexibility index (Phi) is 6.58. The van der Waals surface area contributed by atoms with Crippen molar-refractivity contribution in [1.82, 2.24) is 14.3 Å². The van der Waals surface area contributed by atoms with Gasteiger partial charge in [-0.05, 0) is 19.1 Å². The number of amides is 2. The van der Waals surface area contributed by atoms with Gasteiger partial charge >= 0.3 is 12.2 Å². The van der Waals surface area contributed by atoms with Crippen molar-refractivity contribution in [2.45, 2.75) is 18.0 Å². The van der Waals surface area contributed by atoms with E-state index in [0.29, 0.717) is 4.31 Å². The maximum absolute atomic E-state index is 12.7. The summed E-state index contributed by atoms with van der Waals surface area (Å²) in [6, 6.07) is 5.64. The zero-order chi connectivity index (χ0) is 22.0. The van der Waals surface area contributed by atoms with E-state index in [1.54, 1.807) is 0 Å². The Bertz CT molecular complexity index is 1020. The van der Waals surface area contributed by atoms with E-state index < -0.39 is 34.7 Å². The zero-order valence-electron chi connectivity index (χ0n) is 15.4. The smallest absolute Gasteiger partial charge is 0.422 e. The predicted molar refractivity (Wildman–Crippen MR) is 98.5 cm³/mol. The van der Waals surface area contributed by atoms with Gasteiger partial charge in [0.25, 0.3) is 10.0 Å². The zero-order valence-corrected chi connectivity index (χ0v) is 17.0. The third-order valence-corrected chi connectivity index (χ3v) is 5.76. The van der Waals surface area contributed by atoms with E-state index in [4.69, 9.17) is 11.6 Å². The fraction of sp³-hybridized carbons (Fsp3) is 0.312. The number of carbonyl (C=O) groups excluding carboxylic acids is 1. The highest BCUT2D eigenvalue weighted by atomic mass is 35.5. The highest BCUT2D eigenvalue weighted by Gasteiger charge is 2.32. The molecule has 0 aliphatic carbocycles. The first-order chi connectivity index (χ1) is 13.3. The van der Waals surface area contributed by atoms with Gasteiger partial charge in [-0.2, -0.15) is 18.2 Å². The number of sulfonamides is 1. The average Bonchev–Trinajstić information content (AvgIpc) is 2.63. The Labute approximate surface area is 169 Å². The van der Waals surface area contributed by atoms with E-state index in [-0.39, 0.29) is 21.6 Å². The van der Waals surface area contributed by atoms with Crippen LogP contribution >= 0.6 is 11.6 Å². The Hall–Kier alpha value is -2.60. The van der Waals surface area contributed by atoms with Gasteiger partial charge in [-0.3, -0.25) is 4.90 Å². The molecule has 0 N–H and O–H groups in total. The number of halogens is 4. The van der Waals surface area contributed by atoms with Gasteiger partial charge in [0.1, 0.15) is 4.90 Å². The normalized spacial score (nSPS) is 11.8. The number of rotatable bonds is 5. The molecule has 158 valence electrons. The summed E-state index contributed by atoms with van der Waals surface area (Å²) in [6.45, 7) is -0.129. The maximum Gasteiger partial charge on any atom is 0.422 e. The monoisotopic (exact) mass is 452 g/mol. The van der Waals surface area contributed by atoms with Gasteiger partial charge in [0, 0.05) is 25.9 Å². The Morgan fingerprint density at radius 2 is 1.83 bits per heavy atom. The second kappa shape index (κ2) is 8.41. The number of anilines is 1. The molecule has 13 heteroatoms. The minimum atomic E-state index is -4.58. The van der Waals surface area contributed by atoms with E-state index in [2.05, 4.69) is 14.7 Å². The molecule has 0 radical (unpaired) electrons. The second-order valence-electron chi connectivity index (χ2n) is 5.80. The lowest BCUT2D eigenvalue weighted by Gasteiger charge is -2.24. The minimum absolute atomic E-state index is 0.0792. The van der Waals surface area contributed by atoms with Crippen LogP contribution < -0.4 is 9.64 Å². The summed E-state index contributed by atoms with van der Waals surface area (Å²) >= 11 is 5.90. The van der Waals surface area contributed by atoms with Gasteiger partial charge in [-0.15, -0.1) is 0 Å². The van der Waals surface area contributed by atoms with Gasteiger partial charge in [0.2, 0.25) is 11.8 Å². The van der Waals surface area contributed by atoms with Gasteiger partial charge in [-0.25, -0.2) is 22.5 Å². The number of hydrogen-bond acceptors (Lipinski definition) is 6. The summed E-state index contributed by atoms with van der Waals surface area (Å²) in [5.74, 6) is -0.755. The van der Waals surface area contributed by atoms with Crippen LogP contribution in [0.2, 0.25) is 5.02 Å². The largest absolute Gasteiger partial charge is 0.468 e. The van der Waals surface area contributed by atoms with Crippen molar-refractivity contribution < 1.29 is 31.1 Å². The topological polar surface area (TPSA) is 92.7 Å². The molecule has 8 nitrogen and oxygen atoms in total. The lowest BCUT2D eigenvalue weighted by atomic mass is 10.4. The number of urea groups is 1. The highest BCUT2D eigenvalue weighted by Crippen LogP contribution is 2.25. The molecule has 29 heavy (non-hydrogen) atoms. The fourth-order valence-electron chi connectivity index (χ4n) is 2.11. The first-order valence-electron chi connectivity index (χ1n) is 7.89. The first kappa shape index (κ1) is 22.7. The van der Waals surface area contributed by atoms with Gasteiger partial charge in [-0.1, -0.05) is 23.7 Å². The molecule has 1 aromatic heterocycles. The molecule has 0 fully saturated rings. The SMILES string of the molecule is Cc1cc(OCC(F)(F)F)nc(N(C)C(=O)N(C)S(=O)(=O)c2ccccc2Cl)n1. The fourth-order valence-corrected chi connectivity index (χ4v) is 3.72. The van der Waals surface area contributed by atoms with Crippen molar-refractivity contribution in [2.24, 2.45) is 0 Å². The van der Waals surface area contributed by atoms with Crippen molar-refractivity contribution in [2.75, 3.05) is 25.6 Å². The number of alkyl halides is 3. The van der Waals surface area contributed by atoms with E-state index in [1.165, 1.54) is 38.2 Å². The van der Waals surface area contributed by atoms with Crippen LogP contribution in [0.3, 0.4) is 0 Å². The number of ether oxygens (including phenoxy) is 1. The molecule has 0 aliphatic rings. The lowest BCUT2D eigenvalue weighted by molar-refractivity contribution is -0.154. The molecule has 0 bridgehead atoms. The number of aryl methyl sites for hydroxylation is 1. The van der Waals surface area contributed by atoms with Crippen molar-refractivity contribution in [3.63, 3.8) is 0 Å². The van der Waals surface area contributed by atoms with Gasteiger partial charge in [0.05, 0.1) is 5.02 Å². The summed E-state index contributed by atoms with van der Waals surface area (Å²) < 4.78 is 67.4. The van der Waals surface area contributed by atoms with Crippen LogP contribution in [-0.2, 0) is 10.0 Å². The molecule has 1 aromatic carbocycles. The second-order valence-corrected chi connectivity index (χ2v) is 8.14. The molecule has 0 unspecified atom stereocenters. The molecule has 2 rings (SSSR count). The number of nitrogens with zero attached hydrogens (tertiary/aromatic N) is 4. The third kappa shape index (κ3) is 5.48. The molecule has 1 heterocycles. The van der Waals surface area contributed by atoms with E-state index in [9.17, 15) is 26.4 Å². The molecule has 0 atom stereocenters. The van der Waals surface area contributed by atoms with Crippen LogP contribution in [0.4, 0.5) is 23.9 Å². The van der Waals surface area contributed by atoms with Crippen molar-refractivity contribution in [1.29, 1.82) is 0 Å². The Morgan fingerprint density at radius 1 is 1.21 bits per heavy atom.